The van der Waals surface area contributed by atoms with Crippen LogP contribution in [-0.2, 0) is 23.9 Å². The number of esters is 2. The molecule has 1 spiro atoms. The van der Waals surface area contributed by atoms with Crippen LogP contribution in [0, 0.1) is 40.4 Å². The predicted molar refractivity (Wildman–Crippen MR) is 158 cm³/mol. The van der Waals surface area contributed by atoms with Gasteiger partial charge in [0, 0.05) is 30.6 Å². The first-order chi connectivity index (χ1) is 19.2. The van der Waals surface area contributed by atoms with Crippen molar-refractivity contribution in [3.8, 4) is 0 Å². The first kappa shape index (κ1) is 29.6. The molecule has 0 aromatic rings. The number of hydrogen-bond donors (Lipinski definition) is 1. The van der Waals surface area contributed by atoms with Crippen LogP contribution in [0.15, 0.2) is 58.4 Å². The summed E-state index contributed by atoms with van der Waals surface area (Å²) in [5.74, 6) is -2.02. The largest absolute Gasteiger partial charge is 0.511 e. The van der Waals surface area contributed by atoms with Crippen molar-refractivity contribution in [3.05, 3.63) is 58.4 Å². The summed E-state index contributed by atoms with van der Waals surface area (Å²) in [6.45, 7) is 15.8. The van der Waals surface area contributed by atoms with Crippen LogP contribution in [0.1, 0.15) is 87.5 Å². The van der Waals surface area contributed by atoms with E-state index in [1.807, 2.05) is 13.8 Å². The van der Waals surface area contributed by atoms with Crippen molar-refractivity contribution in [3.63, 3.8) is 0 Å². The zero-order valence-corrected chi connectivity index (χ0v) is 25.9. The Kier molecular flexibility index (Phi) is 7.31. The molecule has 1 saturated heterocycles. The molecule has 1 heterocycles. The highest BCUT2D eigenvalue weighted by Gasteiger charge is 2.66. The van der Waals surface area contributed by atoms with Crippen molar-refractivity contribution < 1.29 is 29.0 Å². The maximum Gasteiger partial charge on any atom is 0.346 e. The Morgan fingerprint density at radius 2 is 1.76 bits per heavy atom. The number of aliphatic hydroxyl groups is 1. The second kappa shape index (κ2) is 10.1. The molecule has 0 amide bonds. The van der Waals surface area contributed by atoms with E-state index in [1.54, 1.807) is 0 Å². The van der Waals surface area contributed by atoms with Crippen molar-refractivity contribution >= 4 is 17.7 Å². The summed E-state index contributed by atoms with van der Waals surface area (Å²) in [4.78, 5) is 40.6. The molecule has 222 valence electrons. The molecule has 6 heteroatoms. The van der Waals surface area contributed by atoms with Gasteiger partial charge in [0.2, 0.25) is 5.78 Å². The molecule has 2 fully saturated rings. The molecule has 1 unspecified atom stereocenters. The molecule has 5 rings (SSSR count). The summed E-state index contributed by atoms with van der Waals surface area (Å²) in [5, 5.41) is 12.4. The summed E-state index contributed by atoms with van der Waals surface area (Å²) in [6.07, 6.45) is 13.9. The number of allylic oxidation sites excluding steroid dienone is 6. The summed E-state index contributed by atoms with van der Waals surface area (Å²) in [5.41, 5.74) is -0.0738. The van der Waals surface area contributed by atoms with Crippen LogP contribution < -0.4 is 0 Å². The van der Waals surface area contributed by atoms with Gasteiger partial charge in [-0.15, -0.1) is 0 Å². The van der Waals surface area contributed by atoms with E-state index in [9.17, 15) is 19.5 Å². The molecule has 2 bridgehead atoms. The second-order valence-corrected chi connectivity index (χ2v) is 14.0. The van der Waals surface area contributed by atoms with Crippen LogP contribution in [0.3, 0.4) is 0 Å². The fraction of sp³-hybridized carbons (Fsp3) is 0.629. The van der Waals surface area contributed by atoms with Crippen LogP contribution in [0.2, 0.25) is 0 Å². The van der Waals surface area contributed by atoms with E-state index in [1.165, 1.54) is 6.92 Å². The van der Waals surface area contributed by atoms with Gasteiger partial charge in [-0.2, -0.15) is 0 Å². The fourth-order valence-electron chi connectivity index (χ4n) is 9.02. The van der Waals surface area contributed by atoms with Gasteiger partial charge in [0.05, 0.1) is 5.41 Å². The molecule has 1 aliphatic heterocycles. The van der Waals surface area contributed by atoms with Crippen LogP contribution in [0.4, 0.5) is 0 Å². The molecule has 1 saturated carbocycles. The Labute approximate surface area is 244 Å². The lowest BCUT2D eigenvalue weighted by Gasteiger charge is -2.54. The molecule has 1 N–H and O–H groups in total. The minimum absolute atomic E-state index is 0.0443. The van der Waals surface area contributed by atoms with Crippen molar-refractivity contribution in [1.29, 1.82) is 0 Å². The third-order valence-corrected chi connectivity index (χ3v) is 11.2. The van der Waals surface area contributed by atoms with E-state index < -0.39 is 28.2 Å². The van der Waals surface area contributed by atoms with Crippen LogP contribution in [-0.4, -0.2) is 34.5 Å². The highest BCUT2D eigenvalue weighted by molar-refractivity contribution is 6.26. The lowest BCUT2D eigenvalue weighted by molar-refractivity contribution is -0.162. The van der Waals surface area contributed by atoms with E-state index in [0.717, 1.165) is 42.4 Å². The van der Waals surface area contributed by atoms with Gasteiger partial charge in [0.1, 0.15) is 17.4 Å². The third-order valence-electron chi connectivity index (χ3n) is 11.2. The molecule has 0 radical (unpaired) electrons. The molecular weight excluding hydrogens is 516 g/mol. The SMILES string of the molecule is CC(=O)O[C@H]1CC[C@H](C)[C@@H]2[C@@H]1C=CC1/C(C)=C\CC/C(C)=C/[C@@]3(C)C=C(C)[C@H](C)C[C@]34OC(=O)/C(=C(\O)[C@]12C)C4=O. The standard InChI is InChI=1S/C35H46O6/c1-19-10-9-11-20(2)26-14-13-25-27(40-24(6)36)15-12-21(3)29(25)34(26,8)30(37)28-31(38)35(41-32(28)39)18-23(5)22(4)17-33(35,7)16-19/h11,13-14,16-17,21,23,25-27,29,37H,9-10,12,15,18H2,1-8H3/b19-16+,20-11-,30-28-/t21-,23+,25+,26?,27-,29+,33-,34+,35+/m0/s1. The smallest absolute Gasteiger partial charge is 0.346 e. The lowest BCUT2D eigenvalue weighted by Crippen LogP contribution is -2.54. The van der Waals surface area contributed by atoms with E-state index in [0.29, 0.717) is 6.42 Å². The van der Waals surface area contributed by atoms with Gasteiger partial charge in [-0.05, 0) is 71.1 Å². The fourth-order valence-corrected chi connectivity index (χ4v) is 9.02. The average Bonchev–Trinajstić information content (AvgIpc) is 3.13. The number of fused-ring (bicyclic) bond motifs is 4. The lowest BCUT2D eigenvalue weighted by atomic mass is 9.50. The highest BCUT2D eigenvalue weighted by atomic mass is 16.6. The summed E-state index contributed by atoms with van der Waals surface area (Å²) < 4.78 is 12.0. The molecule has 5 aliphatic rings. The molecular formula is C35H46O6. The summed E-state index contributed by atoms with van der Waals surface area (Å²) >= 11 is 0. The number of carbonyl (C=O) groups excluding carboxylic acids is 3. The Morgan fingerprint density at radius 3 is 2.44 bits per heavy atom. The number of rotatable bonds is 1. The second-order valence-electron chi connectivity index (χ2n) is 14.0. The first-order valence-electron chi connectivity index (χ1n) is 15.3. The maximum absolute atomic E-state index is 14.7. The van der Waals surface area contributed by atoms with Gasteiger partial charge >= 0.3 is 11.9 Å². The van der Waals surface area contributed by atoms with Gasteiger partial charge in [0.15, 0.2) is 5.60 Å². The molecule has 41 heavy (non-hydrogen) atoms. The molecule has 0 aromatic carbocycles. The Bertz CT molecular complexity index is 1330. The summed E-state index contributed by atoms with van der Waals surface area (Å²) in [7, 11) is 0. The van der Waals surface area contributed by atoms with Crippen molar-refractivity contribution in [1.82, 2.24) is 0 Å². The first-order valence-corrected chi connectivity index (χ1v) is 15.3. The zero-order chi connectivity index (χ0) is 30.1. The van der Waals surface area contributed by atoms with E-state index in [2.05, 4.69) is 65.0 Å². The number of Topliss-reactive ketones (excluding diaryl/α,β-unsaturated/α-hetero) is 1. The average molecular weight is 563 g/mol. The van der Waals surface area contributed by atoms with E-state index in [-0.39, 0.29) is 53.0 Å². The van der Waals surface area contributed by atoms with Crippen molar-refractivity contribution in [2.45, 2.75) is 99.2 Å². The highest BCUT2D eigenvalue weighted by Crippen LogP contribution is 2.60. The normalized spacial score (nSPS) is 47.0. The minimum atomic E-state index is -1.42. The van der Waals surface area contributed by atoms with Crippen molar-refractivity contribution in [2.24, 2.45) is 40.4 Å². The monoisotopic (exact) mass is 562 g/mol. The Balaban J connectivity index is 1.77. The molecule has 0 aromatic heterocycles. The molecule has 9 atom stereocenters. The van der Waals surface area contributed by atoms with Crippen LogP contribution in [0.25, 0.3) is 0 Å². The molecule has 6 nitrogen and oxygen atoms in total. The van der Waals surface area contributed by atoms with Gasteiger partial charge in [-0.25, -0.2) is 4.79 Å². The van der Waals surface area contributed by atoms with E-state index in [4.69, 9.17) is 9.47 Å². The van der Waals surface area contributed by atoms with Gasteiger partial charge in [-0.3, -0.25) is 9.59 Å². The number of aliphatic hydroxyl groups excluding tert-OH is 1. The predicted octanol–water partition coefficient (Wildman–Crippen LogP) is 7.13. The Morgan fingerprint density at radius 1 is 1.05 bits per heavy atom. The Hall–Kier alpha value is -2.89. The van der Waals surface area contributed by atoms with Crippen molar-refractivity contribution in [2.75, 3.05) is 0 Å². The number of hydrogen-bond acceptors (Lipinski definition) is 6. The topological polar surface area (TPSA) is 89.9 Å². The van der Waals surface area contributed by atoms with Crippen LogP contribution >= 0.6 is 0 Å². The number of ketones is 1. The zero-order valence-electron chi connectivity index (χ0n) is 25.9. The van der Waals surface area contributed by atoms with E-state index >= 15 is 0 Å². The third kappa shape index (κ3) is 4.39. The number of carbonyl (C=O) groups is 3. The minimum Gasteiger partial charge on any atom is -0.511 e. The maximum atomic E-state index is 14.7. The van der Waals surface area contributed by atoms with Crippen LogP contribution in [0.5, 0.6) is 0 Å². The molecule has 4 aliphatic carbocycles. The van der Waals surface area contributed by atoms with Gasteiger partial charge < -0.3 is 14.6 Å². The van der Waals surface area contributed by atoms with Gasteiger partial charge in [-0.1, -0.05) is 67.9 Å². The summed E-state index contributed by atoms with van der Waals surface area (Å²) in [6, 6.07) is 0. The number of ether oxygens (including phenoxy) is 2. The quantitative estimate of drug-likeness (QED) is 0.208. The van der Waals surface area contributed by atoms with Gasteiger partial charge in [0.25, 0.3) is 0 Å².